The van der Waals surface area contributed by atoms with E-state index in [0.717, 1.165) is 24.8 Å². The molecule has 3 rings (SSSR count). The molecule has 1 aromatic carbocycles. The first-order valence-corrected chi connectivity index (χ1v) is 8.83. The van der Waals surface area contributed by atoms with E-state index in [0.29, 0.717) is 30.1 Å². The highest BCUT2D eigenvalue weighted by molar-refractivity contribution is 6.21. The molecule has 0 N–H and O–H groups in total. The van der Waals surface area contributed by atoms with Crippen LogP contribution >= 0.6 is 0 Å². The molecule has 2 aliphatic rings. The maximum absolute atomic E-state index is 12.3. The van der Waals surface area contributed by atoms with Crippen LogP contribution in [0.4, 0.5) is 0 Å². The number of aryl methyl sites for hydroxylation is 1. The Hall–Kier alpha value is -2.43. The predicted molar refractivity (Wildman–Crippen MR) is 93.2 cm³/mol. The molecule has 5 heteroatoms. The van der Waals surface area contributed by atoms with E-state index in [2.05, 4.69) is 12.2 Å². The molecule has 2 amide bonds. The lowest BCUT2D eigenvalue weighted by Gasteiger charge is -2.17. The standard InChI is InChI=1S/C20H23NO4/c1-14-9-10-16-17(12-14)20(24)21(19(16)23)11-5-8-18(22)25-13-15-6-3-2-4-7-15/h2-3,9-10,12,15H,4-8,11,13H2,1H3. The number of imide groups is 1. The van der Waals surface area contributed by atoms with Crippen LogP contribution in [-0.2, 0) is 9.53 Å². The minimum Gasteiger partial charge on any atom is -0.465 e. The van der Waals surface area contributed by atoms with Crippen molar-refractivity contribution in [3.8, 4) is 0 Å². The molecule has 0 aromatic heterocycles. The third-order valence-electron chi connectivity index (χ3n) is 4.75. The molecule has 1 aliphatic heterocycles. The van der Waals surface area contributed by atoms with E-state index in [1.165, 1.54) is 4.90 Å². The fraction of sp³-hybridized carbons (Fsp3) is 0.450. The molecule has 0 saturated carbocycles. The van der Waals surface area contributed by atoms with E-state index in [-0.39, 0.29) is 30.7 Å². The number of carbonyl (C=O) groups excluding carboxylic acids is 3. The zero-order chi connectivity index (χ0) is 17.8. The highest BCUT2D eigenvalue weighted by atomic mass is 16.5. The Balaban J connectivity index is 1.44. The Labute approximate surface area is 147 Å². The Morgan fingerprint density at radius 1 is 1.20 bits per heavy atom. The Kier molecular flexibility index (Phi) is 5.31. The van der Waals surface area contributed by atoms with E-state index < -0.39 is 0 Å². The molecular weight excluding hydrogens is 318 g/mol. The zero-order valence-electron chi connectivity index (χ0n) is 14.5. The van der Waals surface area contributed by atoms with Gasteiger partial charge in [0.05, 0.1) is 17.7 Å². The van der Waals surface area contributed by atoms with E-state index in [1.807, 2.05) is 13.0 Å². The largest absolute Gasteiger partial charge is 0.465 e. The Morgan fingerprint density at radius 2 is 2.00 bits per heavy atom. The number of fused-ring (bicyclic) bond motifs is 1. The number of rotatable bonds is 6. The summed E-state index contributed by atoms with van der Waals surface area (Å²) < 4.78 is 5.32. The summed E-state index contributed by atoms with van der Waals surface area (Å²) >= 11 is 0. The molecule has 1 heterocycles. The molecular formula is C20H23NO4. The second-order valence-electron chi connectivity index (χ2n) is 6.75. The van der Waals surface area contributed by atoms with Gasteiger partial charge in [0.15, 0.2) is 0 Å². The number of carbonyl (C=O) groups is 3. The van der Waals surface area contributed by atoms with Crippen molar-refractivity contribution in [1.29, 1.82) is 0 Å². The van der Waals surface area contributed by atoms with Crippen molar-refractivity contribution in [3.63, 3.8) is 0 Å². The van der Waals surface area contributed by atoms with Gasteiger partial charge in [0, 0.05) is 13.0 Å². The molecule has 0 saturated heterocycles. The van der Waals surface area contributed by atoms with Crippen molar-refractivity contribution in [2.75, 3.05) is 13.2 Å². The monoisotopic (exact) mass is 341 g/mol. The van der Waals surface area contributed by atoms with E-state index in [9.17, 15) is 14.4 Å². The van der Waals surface area contributed by atoms with Gasteiger partial charge in [0.2, 0.25) is 0 Å². The third kappa shape index (κ3) is 3.98. The molecule has 1 unspecified atom stereocenters. The molecule has 1 aromatic rings. The lowest BCUT2D eigenvalue weighted by atomic mass is 9.95. The van der Waals surface area contributed by atoms with E-state index in [4.69, 9.17) is 4.74 Å². The minimum atomic E-state index is -0.276. The van der Waals surface area contributed by atoms with Crippen LogP contribution in [0.3, 0.4) is 0 Å². The third-order valence-corrected chi connectivity index (χ3v) is 4.75. The van der Waals surface area contributed by atoms with Gasteiger partial charge in [-0.15, -0.1) is 0 Å². The quantitative estimate of drug-likeness (QED) is 0.452. The molecule has 132 valence electrons. The molecule has 5 nitrogen and oxygen atoms in total. The van der Waals surface area contributed by atoms with E-state index in [1.54, 1.807) is 12.1 Å². The van der Waals surface area contributed by atoms with Crippen LogP contribution in [0.1, 0.15) is 58.4 Å². The van der Waals surface area contributed by atoms with Crippen LogP contribution in [0.15, 0.2) is 30.4 Å². The van der Waals surface area contributed by atoms with Crippen molar-refractivity contribution in [2.45, 2.75) is 39.0 Å². The number of hydrogen-bond donors (Lipinski definition) is 0. The fourth-order valence-corrected chi connectivity index (χ4v) is 3.28. The van der Waals surface area contributed by atoms with Gasteiger partial charge in [0.25, 0.3) is 11.8 Å². The van der Waals surface area contributed by atoms with Gasteiger partial charge in [-0.2, -0.15) is 0 Å². The maximum atomic E-state index is 12.3. The average Bonchev–Trinajstić information content (AvgIpc) is 2.85. The van der Waals surface area contributed by atoms with Crippen LogP contribution in [0.25, 0.3) is 0 Å². The first-order chi connectivity index (χ1) is 12.1. The number of nitrogens with zero attached hydrogens (tertiary/aromatic N) is 1. The van der Waals surface area contributed by atoms with Crippen molar-refractivity contribution < 1.29 is 19.1 Å². The number of ether oxygens (including phenoxy) is 1. The summed E-state index contributed by atoms with van der Waals surface area (Å²) in [6, 6.07) is 5.26. The zero-order valence-corrected chi connectivity index (χ0v) is 14.5. The summed E-state index contributed by atoms with van der Waals surface area (Å²) in [5, 5.41) is 0. The van der Waals surface area contributed by atoms with Crippen molar-refractivity contribution in [1.82, 2.24) is 4.90 Å². The SMILES string of the molecule is Cc1ccc2c(c1)C(=O)N(CCCC(=O)OCC1CC=CCC1)C2=O. The second kappa shape index (κ2) is 7.64. The van der Waals surface area contributed by atoms with Crippen LogP contribution < -0.4 is 0 Å². The minimum absolute atomic E-state index is 0.217. The second-order valence-corrected chi connectivity index (χ2v) is 6.75. The first-order valence-electron chi connectivity index (χ1n) is 8.83. The lowest BCUT2D eigenvalue weighted by Crippen LogP contribution is -2.31. The summed E-state index contributed by atoms with van der Waals surface area (Å²) in [5.41, 5.74) is 1.85. The highest BCUT2D eigenvalue weighted by Gasteiger charge is 2.35. The van der Waals surface area contributed by atoms with Gasteiger partial charge in [-0.1, -0.05) is 23.8 Å². The van der Waals surface area contributed by atoms with Gasteiger partial charge in [0.1, 0.15) is 0 Å². The molecule has 0 radical (unpaired) electrons. The summed E-state index contributed by atoms with van der Waals surface area (Å²) in [6.07, 6.45) is 7.98. The van der Waals surface area contributed by atoms with Gasteiger partial charge < -0.3 is 4.74 Å². The van der Waals surface area contributed by atoms with Crippen molar-refractivity contribution in [2.24, 2.45) is 5.92 Å². The van der Waals surface area contributed by atoms with Crippen molar-refractivity contribution >= 4 is 17.8 Å². The number of benzene rings is 1. The van der Waals surface area contributed by atoms with Crippen LogP contribution in [0, 0.1) is 12.8 Å². The van der Waals surface area contributed by atoms with Gasteiger partial charge in [-0.05, 0) is 50.7 Å². The van der Waals surface area contributed by atoms with Crippen LogP contribution in [0.2, 0.25) is 0 Å². The average molecular weight is 341 g/mol. The fourth-order valence-electron chi connectivity index (χ4n) is 3.28. The molecule has 25 heavy (non-hydrogen) atoms. The molecule has 1 aliphatic carbocycles. The Morgan fingerprint density at radius 3 is 2.76 bits per heavy atom. The molecule has 0 spiro atoms. The summed E-state index contributed by atoms with van der Waals surface area (Å²) in [7, 11) is 0. The number of amides is 2. The normalized spacial score (nSPS) is 19.2. The van der Waals surface area contributed by atoms with Gasteiger partial charge >= 0.3 is 5.97 Å². The van der Waals surface area contributed by atoms with Crippen LogP contribution in [0.5, 0.6) is 0 Å². The first kappa shape index (κ1) is 17.4. The smallest absolute Gasteiger partial charge is 0.305 e. The molecule has 0 fully saturated rings. The summed E-state index contributed by atoms with van der Waals surface area (Å²) in [6.45, 7) is 2.58. The van der Waals surface area contributed by atoms with Gasteiger partial charge in [-0.25, -0.2) is 0 Å². The van der Waals surface area contributed by atoms with E-state index >= 15 is 0 Å². The van der Waals surface area contributed by atoms with Gasteiger partial charge in [-0.3, -0.25) is 19.3 Å². The van der Waals surface area contributed by atoms with Crippen LogP contribution in [-0.4, -0.2) is 35.8 Å². The Bertz CT molecular complexity index is 722. The number of allylic oxidation sites excluding steroid dienone is 2. The lowest BCUT2D eigenvalue weighted by molar-refractivity contribution is -0.145. The topological polar surface area (TPSA) is 63.7 Å². The summed E-state index contributed by atoms with van der Waals surface area (Å²) in [4.78, 5) is 37.7. The number of hydrogen-bond acceptors (Lipinski definition) is 4. The number of esters is 1. The predicted octanol–water partition coefficient (Wildman–Crippen LogP) is 3.27. The maximum Gasteiger partial charge on any atom is 0.305 e. The highest BCUT2D eigenvalue weighted by Crippen LogP contribution is 2.24. The van der Waals surface area contributed by atoms with Crippen molar-refractivity contribution in [3.05, 3.63) is 47.0 Å². The molecule has 0 bridgehead atoms. The molecule has 1 atom stereocenters. The summed E-state index contributed by atoms with van der Waals surface area (Å²) in [5.74, 6) is -0.399.